The van der Waals surface area contributed by atoms with Gasteiger partial charge in [-0.1, -0.05) is 31.9 Å². The lowest BCUT2D eigenvalue weighted by molar-refractivity contribution is 0.102. The summed E-state index contributed by atoms with van der Waals surface area (Å²) < 4.78 is 5.10. The predicted molar refractivity (Wildman–Crippen MR) is 74.2 cm³/mol. The van der Waals surface area contributed by atoms with E-state index < -0.39 is 0 Å². The van der Waals surface area contributed by atoms with Gasteiger partial charge >= 0.3 is 0 Å². The van der Waals surface area contributed by atoms with E-state index in [0.717, 1.165) is 17.1 Å². The Morgan fingerprint density at radius 3 is 2.88 bits per heavy atom. The zero-order valence-electron chi connectivity index (χ0n) is 10.6. The SMILES string of the molecule is CCCCCSCC(=O)c1cccc(OC)c1. The van der Waals surface area contributed by atoms with E-state index in [1.165, 1.54) is 19.3 Å². The molecule has 0 fully saturated rings. The Morgan fingerprint density at radius 2 is 2.18 bits per heavy atom. The Bertz CT molecular complexity index is 350. The molecule has 0 radical (unpaired) electrons. The number of ether oxygens (including phenoxy) is 1. The lowest BCUT2D eigenvalue weighted by Gasteiger charge is -2.04. The number of carbonyl (C=O) groups excluding carboxylic acids is 1. The van der Waals surface area contributed by atoms with E-state index in [1.807, 2.05) is 18.2 Å². The molecule has 0 aliphatic carbocycles. The summed E-state index contributed by atoms with van der Waals surface area (Å²) >= 11 is 1.72. The number of ketones is 1. The van der Waals surface area contributed by atoms with Crippen molar-refractivity contribution in [2.75, 3.05) is 18.6 Å². The predicted octanol–water partition coefficient (Wildman–Crippen LogP) is 3.80. The van der Waals surface area contributed by atoms with Crippen LogP contribution in [0.4, 0.5) is 0 Å². The van der Waals surface area contributed by atoms with Crippen LogP contribution in [0.15, 0.2) is 24.3 Å². The summed E-state index contributed by atoms with van der Waals surface area (Å²) in [5.41, 5.74) is 0.743. The van der Waals surface area contributed by atoms with Crippen LogP contribution in [-0.2, 0) is 0 Å². The summed E-state index contributed by atoms with van der Waals surface area (Å²) in [7, 11) is 1.61. The van der Waals surface area contributed by atoms with E-state index >= 15 is 0 Å². The summed E-state index contributed by atoms with van der Waals surface area (Å²) in [6.07, 6.45) is 3.68. The van der Waals surface area contributed by atoms with Crippen LogP contribution in [0.5, 0.6) is 5.75 Å². The third kappa shape index (κ3) is 5.26. The molecule has 94 valence electrons. The van der Waals surface area contributed by atoms with Crippen LogP contribution in [0.25, 0.3) is 0 Å². The molecule has 2 nitrogen and oxygen atoms in total. The maximum Gasteiger partial charge on any atom is 0.172 e. The van der Waals surface area contributed by atoms with Crippen LogP contribution in [0.2, 0.25) is 0 Å². The number of unbranched alkanes of at least 4 members (excludes halogenated alkanes) is 2. The highest BCUT2D eigenvalue weighted by Gasteiger charge is 2.06. The van der Waals surface area contributed by atoms with Gasteiger partial charge < -0.3 is 4.74 Å². The minimum Gasteiger partial charge on any atom is -0.497 e. The van der Waals surface area contributed by atoms with E-state index in [9.17, 15) is 4.79 Å². The highest BCUT2D eigenvalue weighted by molar-refractivity contribution is 7.99. The van der Waals surface area contributed by atoms with Crippen LogP contribution in [0.1, 0.15) is 36.5 Å². The Kier molecular flexibility index (Phi) is 6.78. The van der Waals surface area contributed by atoms with Crippen molar-refractivity contribution in [2.24, 2.45) is 0 Å². The van der Waals surface area contributed by atoms with Gasteiger partial charge in [0.1, 0.15) is 5.75 Å². The molecule has 1 rings (SSSR count). The largest absolute Gasteiger partial charge is 0.497 e. The molecule has 0 N–H and O–H groups in total. The molecule has 0 saturated heterocycles. The lowest BCUT2D eigenvalue weighted by atomic mass is 10.1. The number of benzene rings is 1. The maximum absolute atomic E-state index is 11.9. The first-order valence-electron chi connectivity index (χ1n) is 6.03. The molecule has 0 aromatic heterocycles. The normalized spacial score (nSPS) is 10.2. The number of rotatable bonds is 8. The first-order valence-corrected chi connectivity index (χ1v) is 7.18. The van der Waals surface area contributed by atoms with Gasteiger partial charge in [0.15, 0.2) is 5.78 Å². The zero-order valence-corrected chi connectivity index (χ0v) is 11.4. The van der Waals surface area contributed by atoms with Gasteiger partial charge in [0.2, 0.25) is 0 Å². The van der Waals surface area contributed by atoms with E-state index in [4.69, 9.17) is 4.74 Å². The Hall–Kier alpha value is -0.960. The van der Waals surface area contributed by atoms with Crippen LogP contribution in [0, 0.1) is 0 Å². The zero-order chi connectivity index (χ0) is 12.5. The van der Waals surface area contributed by atoms with Crippen molar-refractivity contribution < 1.29 is 9.53 Å². The van der Waals surface area contributed by atoms with Gasteiger partial charge in [-0.3, -0.25) is 4.79 Å². The molecule has 0 bridgehead atoms. The van der Waals surface area contributed by atoms with E-state index in [-0.39, 0.29) is 5.78 Å². The average molecular weight is 252 g/mol. The second kappa shape index (κ2) is 8.18. The summed E-state index contributed by atoms with van der Waals surface area (Å²) in [6, 6.07) is 7.35. The summed E-state index contributed by atoms with van der Waals surface area (Å²) in [5.74, 6) is 2.57. The van der Waals surface area contributed by atoms with Gasteiger partial charge in [0.25, 0.3) is 0 Å². The van der Waals surface area contributed by atoms with Crippen molar-refractivity contribution >= 4 is 17.5 Å². The fourth-order valence-electron chi connectivity index (χ4n) is 1.50. The van der Waals surface area contributed by atoms with E-state index in [2.05, 4.69) is 6.92 Å². The molecule has 0 saturated carbocycles. The molecule has 0 aliphatic rings. The Labute approximate surface area is 108 Å². The maximum atomic E-state index is 11.9. The van der Waals surface area contributed by atoms with Crippen molar-refractivity contribution in [1.82, 2.24) is 0 Å². The molecule has 17 heavy (non-hydrogen) atoms. The van der Waals surface area contributed by atoms with E-state index in [1.54, 1.807) is 24.9 Å². The standard InChI is InChI=1S/C14H20O2S/c1-3-4-5-9-17-11-14(15)12-7-6-8-13(10-12)16-2/h6-8,10H,3-5,9,11H2,1-2H3. The van der Waals surface area contributed by atoms with Gasteiger partial charge in [-0.05, 0) is 24.3 Å². The monoisotopic (exact) mass is 252 g/mol. The number of carbonyl (C=O) groups is 1. The Morgan fingerprint density at radius 1 is 1.35 bits per heavy atom. The summed E-state index contributed by atoms with van der Waals surface area (Å²) in [6.45, 7) is 2.19. The molecule has 0 heterocycles. The molecule has 1 aromatic carbocycles. The van der Waals surface area contributed by atoms with Gasteiger partial charge in [0, 0.05) is 5.56 Å². The first kappa shape index (κ1) is 14.1. The van der Waals surface area contributed by atoms with Crippen molar-refractivity contribution in [3.8, 4) is 5.75 Å². The average Bonchev–Trinajstić information content (AvgIpc) is 2.38. The number of Topliss-reactive ketones (excluding diaryl/α,β-unsaturated/α-hetero) is 1. The van der Waals surface area contributed by atoms with Gasteiger partial charge in [-0.2, -0.15) is 11.8 Å². The lowest BCUT2D eigenvalue weighted by Crippen LogP contribution is -2.03. The topological polar surface area (TPSA) is 26.3 Å². The van der Waals surface area contributed by atoms with Gasteiger partial charge in [0.05, 0.1) is 12.9 Å². The quantitative estimate of drug-likeness (QED) is 0.520. The molecule has 0 aliphatic heterocycles. The Balaban J connectivity index is 2.36. The second-order valence-electron chi connectivity index (χ2n) is 3.91. The van der Waals surface area contributed by atoms with E-state index in [0.29, 0.717) is 5.75 Å². The van der Waals surface area contributed by atoms with Crippen molar-refractivity contribution in [2.45, 2.75) is 26.2 Å². The summed E-state index contributed by atoms with van der Waals surface area (Å²) in [4.78, 5) is 11.9. The smallest absolute Gasteiger partial charge is 0.172 e. The number of hydrogen-bond acceptors (Lipinski definition) is 3. The van der Waals surface area contributed by atoms with Crippen molar-refractivity contribution in [1.29, 1.82) is 0 Å². The minimum absolute atomic E-state index is 0.186. The number of methoxy groups -OCH3 is 1. The van der Waals surface area contributed by atoms with Crippen molar-refractivity contribution in [3.63, 3.8) is 0 Å². The molecular weight excluding hydrogens is 232 g/mol. The van der Waals surface area contributed by atoms with Crippen LogP contribution in [-0.4, -0.2) is 24.4 Å². The molecule has 0 atom stereocenters. The number of hydrogen-bond donors (Lipinski definition) is 0. The molecule has 0 amide bonds. The third-order valence-electron chi connectivity index (χ3n) is 2.52. The van der Waals surface area contributed by atoms with Crippen molar-refractivity contribution in [3.05, 3.63) is 29.8 Å². The molecule has 0 spiro atoms. The van der Waals surface area contributed by atoms with Crippen LogP contribution >= 0.6 is 11.8 Å². The first-order chi connectivity index (χ1) is 8.27. The fourth-order valence-corrected chi connectivity index (χ4v) is 2.40. The van der Waals surface area contributed by atoms with Gasteiger partial charge in [-0.15, -0.1) is 0 Å². The summed E-state index contributed by atoms with van der Waals surface area (Å²) in [5, 5.41) is 0. The third-order valence-corrected chi connectivity index (χ3v) is 3.56. The molecular formula is C14H20O2S. The highest BCUT2D eigenvalue weighted by atomic mass is 32.2. The van der Waals surface area contributed by atoms with Crippen LogP contribution < -0.4 is 4.74 Å². The molecule has 0 unspecified atom stereocenters. The second-order valence-corrected chi connectivity index (χ2v) is 5.02. The highest BCUT2D eigenvalue weighted by Crippen LogP contribution is 2.15. The molecule has 1 aromatic rings. The number of thioether (sulfide) groups is 1. The minimum atomic E-state index is 0.186. The van der Waals surface area contributed by atoms with Gasteiger partial charge in [-0.25, -0.2) is 0 Å². The molecule has 3 heteroatoms. The fraction of sp³-hybridized carbons (Fsp3) is 0.500. The van der Waals surface area contributed by atoms with Crippen LogP contribution in [0.3, 0.4) is 0 Å².